The van der Waals surface area contributed by atoms with E-state index in [1.807, 2.05) is 32.0 Å². The van der Waals surface area contributed by atoms with E-state index in [-0.39, 0.29) is 0 Å². The molecule has 1 aromatic heterocycles. The van der Waals surface area contributed by atoms with E-state index in [1.165, 1.54) is 0 Å². The van der Waals surface area contributed by atoms with Crippen molar-refractivity contribution in [1.82, 2.24) is 9.97 Å². The monoisotopic (exact) mass is 303 g/mol. The number of methoxy groups -OCH3 is 1. The Morgan fingerprint density at radius 3 is 2.62 bits per heavy atom. The molecule has 3 rings (SSSR count). The second-order valence-electron chi connectivity index (χ2n) is 5.43. The molecule has 1 saturated carbocycles. The van der Waals surface area contributed by atoms with Crippen LogP contribution in [0.2, 0.25) is 5.15 Å². The summed E-state index contributed by atoms with van der Waals surface area (Å²) in [5.41, 5.74) is 2.91. The Morgan fingerprint density at radius 2 is 2.00 bits per heavy atom. The number of aromatic nitrogens is 2. The zero-order valence-electron chi connectivity index (χ0n) is 12.4. The first kappa shape index (κ1) is 14.1. The number of benzene rings is 1. The summed E-state index contributed by atoms with van der Waals surface area (Å²) < 4.78 is 5.28. The van der Waals surface area contributed by atoms with E-state index < -0.39 is 0 Å². The highest BCUT2D eigenvalue weighted by Crippen LogP contribution is 2.39. The first-order chi connectivity index (χ1) is 10.1. The molecule has 0 bridgehead atoms. The van der Waals surface area contributed by atoms with E-state index in [9.17, 15) is 0 Å². The molecule has 1 heterocycles. The van der Waals surface area contributed by atoms with Gasteiger partial charge in [0.15, 0.2) is 0 Å². The maximum absolute atomic E-state index is 6.22. The molecule has 1 aliphatic rings. The third-order valence-corrected chi connectivity index (χ3v) is 4.07. The summed E-state index contributed by atoms with van der Waals surface area (Å²) in [6, 6.07) is 5.95. The highest BCUT2D eigenvalue weighted by molar-refractivity contribution is 6.30. The largest absolute Gasteiger partial charge is 0.496 e. The lowest BCUT2D eigenvalue weighted by atomic mass is 10.2. The summed E-state index contributed by atoms with van der Waals surface area (Å²) in [5.74, 6) is 2.97. The first-order valence-corrected chi connectivity index (χ1v) is 7.42. The van der Waals surface area contributed by atoms with E-state index >= 15 is 0 Å². The van der Waals surface area contributed by atoms with Gasteiger partial charge in [0, 0.05) is 17.2 Å². The van der Waals surface area contributed by atoms with Crippen molar-refractivity contribution in [2.24, 2.45) is 0 Å². The molecule has 1 aliphatic carbocycles. The van der Waals surface area contributed by atoms with E-state index in [0.29, 0.717) is 11.1 Å². The van der Waals surface area contributed by atoms with Crippen molar-refractivity contribution in [2.75, 3.05) is 12.4 Å². The Labute approximate surface area is 129 Å². The summed E-state index contributed by atoms with van der Waals surface area (Å²) in [4.78, 5) is 9.00. The standard InChI is InChI=1S/C16H18ClN3O/c1-9-8-12(6-7-13(9)21-3)18-15-10(2)14(17)19-16(20-15)11-4-5-11/h6-8,11H,4-5H2,1-3H3,(H,18,19,20). The van der Waals surface area contributed by atoms with Crippen molar-refractivity contribution < 1.29 is 4.74 Å². The number of hydrogen-bond acceptors (Lipinski definition) is 4. The summed E-state index contributed by atoms with van der Waals surface area (Å²) in [6.45, 7) is 3.94. The number of nitrogens with one attached hydrogen (secondary N) is 1. The van der Waals surface area contributed by atoms with Crippen molar-refractivity contribution in [2.45, 2.75) is 32.6 Å². The van der Waals surface area contributed by atoms with E-state index in [4.69, 9.17) is 16.3 Å². The van der Waals surface area contributed by atoms with Gasteiger partial charge in [-0.1, -0.05) is 11.6 Å². The molecule has 0 aliphatic heterocycles. The number of anilines is 2. The van der Waals surface area contributed by atoms with E-state index in [2.05, 4.69) is 15.3 Å². The van der Waals surface area contributed by atoms with Gasteiger partial charge in [-0.2, -0.15) is 0 Å². The highest BCUT2D eigenvalue weighted by Gasteiger charge is 2.28. The Hall–Kier alpha value is -1.81. The third-order valence-electron chi connectivity index (χ3n) is 3.70. The molecule has 0 saturated heterocycles. The zero-order chi connectivity index (χ0) is 15.0. The molecule has 0 amide bonds. The van der Waals surface area contributed by atoms with Crippen molar-refractivity contribution in [3.63, 3.8) is 0 Å². The smallest absolute Gasteiger partial charge is 0.138 e. The molecule has 110 valence electrons. The number of nitrogens with zero attached hydrogens (tertiary/aromatic N) is 2. The van der Waals surface area contributed by atoms with Crippen LogP contribution in [0.15, 0.2) is 18.2 Å². The number of halogens is 1. The fraction of sp³-hybridized carbons (Fsp3) is 0.375. The quantitative estimate of drug-likeness (QED) is 0.852. The minimum atomic E-state index is 0.473. The minimum Gasteiger partial charge on any atom is -0.496 e. The van der Waals surface area contributed by atoms with Crippen LogP contribution < -0.4 is 10.1 Å². The van der Waals surface area contributed by atoms with Crippen LogP contribution in [0, 0.1) is 13.8 Å². The van der Waals surface area contributed by atoms with Crippen molar-refractivity contribution >= 4 is 23.1 Å². The number of ether oxygens (including phenoxy) is 1. The number of hydrogen-bond donors (Lipinski definition) is 1. The predicted molar refractivity (Wildman–Crippen MR) is 84.8 cm³/mol. The molecule has 5 heteroatoms. The van der Waals surface area contributed by atoms with Crippen LogP contribution in [0.3, 0.4) is 0 Å². The van der Waals surface area contributed by atoms with Gasteiger partial charge >= 0.3 is 0 Å². The fourth-order valence-corrected chi connectivity index (χ4v) is 2.42. The van der Waals surface area contributed by atoms with Crippen LogP contribution in [-0.4, -0.2) is 17.1 Å². The molecule has 0 atom stereocenters. The van der Waals surface area contributed by atoms with Gasteiger partial charge in [0.2, 0.25) is 0 Å². The first-order valence-electron chi connectivity index (χ1n) is 7.04. The van der Waals surface area contributed by atoms with Gasteiger partial charge in [0.1, 0.15) is 22.5 Å². The zero-order valence-corrected chi connectivity index (χ0v) is 13.2. The van der Waals surface area contributed by atoms with Gasteiger partial charge in [-0.3, -0.25) is 0 Å². The Morgan fingerprint density at radius 1 is 1.24 bits per heavy atom. The van der Waals surface area contributed by atoms with Crippen molar-refractivity contribution in [3.8, 4) is 5.75 Å². The topological polar surface area (TPSA) is 47.0 Å². The molecule has 0 radical (unpaired) electrons. The lowest BCUT2D eigenvalue weighted by molar-refractivity contribution is 0.412. The van der Waals surface area contributed by atoms with Gasteiger partial charge in [-0.25, -0.2) is 9.97 Å². The van der Waals surface area contributed by atoms with Crippen LogP contribution in [-0.2, 0) is 0 Å². The number of rotatable bonds is 4. The Kier molecular flexibility index (Phi) is 3.72. The third kappa shape index (κ3) is 2.95. The van der Waals surface area contributed by atoms with Crippen molar-refractivity contribution in [3.05, 3.63) is 40.3 Å². The summed E-state index contributed by atoms with van der Waals surface area (Å²) >= 11 is 6.22. The van der Waals surface area contributed by atoms with E-state index in [0.717, 1.165) is 47.0 Å². The molecule has 0 unspecified atom stereocenters. The summed E-state index contributed by atoms with van der Waals surface area (Å²) in [7, 11) is 1.67. The molecular formula is C16H18ClN3O. The number of aryl methyl sites for hydroxylation is 1. The average Bonchev–Trinajstić information content (AvgIpc) is 3.28. The lowest BCUT2D eigenvalue weighted by Crippen LogP contribution is -2.03. The maximum atomic E-state index is 6.22. The molecule has 2 aromatic rings. The molecule has 4 nitrogen and oxygen atoms in total. The lowest BCUT2D eigenvalue weighted by Gasteiger charge is -2.13. The second kappa shape index (κ2) is 5.53. The molecular weight excluding hydrogens is 286 g/mol. The maximum Gasteiger partial charge on any atom is 0.138 e. The molecule has 21 heavy (non-hydrogen) atoms. The van der Waals surface area contributed by atoms with E-state index in [1.54, 1.807) is 7.11 Å². The fourth-order valence-electron chi connectivity index (χ4n) is 2.24. The van der Waals surface area contributed by atoms with Gasteiger partial charge in [-0.15, -0.1) is 0 Å². The summed E-state index contributed by atoms with van der Waals surface area (Å²) in [5, 5.41) is 3.86. The normalized spacial score (nSPS) is 14.1. The Bertz CT molecular complexity index is 683. The van der Waals surface area contributed by atoms with Gasteiger partial charge in [0.25, 0.3) is 0 Å². The van der Waals surface area contributed by atoms with Gasteiger partial charge < -0.3 is 10.1 Å². The summed E-state index contributed by atoms with van der Waals surface area (Å²) in [6.07, 6.45) is 2.31. The van der Waals surface area contributed by atoms with Crippen LogP contribution in [0.1, 0.15) is 35.7 Å². The highest BCUT2D eigenvalue weighted by atomic mass is 35.5. The predicted octanol–water partition coefficient (Wildman–Crippen LogP) is 4.38. The molecule has 0 spiro atoms. The van der Waals surface area contributed by atoms with Crippen molar-refractivity contribution in [1.29, 1.82) is 0 Å². The SMILES string of the molecule is COc1ccc(Nc2nc(C3CC3)nc(Cl)c2C)cc1C. The van der Waals surface area contributed by atoms with Crippen LogP contribution in [0.5, 0.6) is 5.75 Å². The van der Waals surface area contributed by atoms with Gasteiger partial charge in [0.05, 0.1) is 7.11 Å². The van der Waals surface area contributed by atoms with Crippen LogP contribution in [0.4, 0.5) is 11.5 Å². The average molecular weight is 304 g/mol. The Balaban J connectivity index is 1.91. The van der Waals surface area contributed by atoms with Crippen LogP contribution >= 0.6 is 11.6 Å². The molecule has 1 aromatic carbocycles. The minimum absolute atomic E-state index is 0.473. The molecule has 1 N–H and O–H groups in total. The second-order valence-corrected chi connectivity index (χ2v) is 5.79. The molecule has 1 fully saturated rings. The van der Waals surface area contributed by atoms with Gasteiger partial charge in [-0.05, 0) is 50.5 Å². The van der Waals surface area contributed by atoms with Crippen LogP contribution in [0.25, 0.3) is 0 Å².